The Morgan fingerprint density at radius 2 is 1.49 bits per heavy atom. The van der Waals surface area contributed by atoms with E-state index in [1.54, 1.807) is 62.6 Å². The van der Waals surface area contributed by atoms with Gasteiger partial charge in [-0.2, -0.15) is 22.3 Å². The topological polar surface area (TPSA) is 140 Å². The number of fused-ring (bicyclic) bond motifs is 1. The van der Waals surface area contributed by atoms with Gasteiger partial charge in [0.2, 0.25) is 0 Å². The molecule has 1 saturated carbocycles. The zero-order chi connectivity index (χ0) is 32.8. The molecule has 2 aromatic heterocycles. The van der Waals surface area contributed by atoms with Crippen LogP contribution in [-0.4, -0.2) is 81.3 Å². The van der Waals surface area contributed by atoms with Crippen LogP contribution in [0.2, 0.25) is 0 Å². The number of carbonyl (C=O) groups excluding carboxylic acids is 2. The minimum absolute atomic E-state index is 0.0368. The molecule has 2 atom stereocenters. The first kappa shape index (κ1) is 31.2. The SMILES string of the molecule is CC1CCN(S(=O)(=O)N2CC3C(C2)C3N2C(=O)C(Cc3ccncc3)(Cc3ccncc3)N/C2=C\C(=O)c2ccc(C#N)cc2)CC1. The van der Waals surface area contributed by atoms with Gasteiger partial charge in [-0.3, -0.25) is 24.5 Å². The van der Waals surface area contributed by atoms with Crippen LogP contribution in [0.15, 0.2) is 85.2 Å². The van der Waals surface area contributed by atoms with E-state index in [0.717, 1.165) is 24.0 Å². The number of allylic oxidation sites excluding steroid dienone is 1. The fraction of sp³-hybridized carbons (Fsp3) is 0.400. The van der Waals surface area contributed by atoms with E-state index < -0.39 is 15.7 Å². The Labute approximate surface area is 275 Å². The summed E-state index contributed by atoms with van der Waals surface area (Å²) in [6.45, 7) is 3.90. The molecule has 1 amide bonds. The highest BCUT2D eigenvalue weighted by molar-refractivity contribution is 7.86. The van der Waals surface area contributed by atoms with Crippen LogP contribution in [-0.2, 0) is 27.8 Å². The van der Waals surface area contributed by atoms with Crippen LogP contribution in [0.3, 0.4) is 0 Å². The van der Waals surface area contributed by atoms with Gasteiger partial charge in [0.15, 0.2) is 5.78 Å². The Morgan fingerprint density at radius 1 is 0.936 bits per heavy atom. The van der Waals surface area contributed by atoms with Crippen LogP contribution in [0.4, 0.5) is 0 Å². The van der Waals surface area contributed by atoms with E-state index in [1.165, 1.54) is 6.08 Å². The Kier molecular flexibility index (Phi) is 8.16. The van der Waals surface area contributed by atoms with E-state index in [4.69, 9.17) is 0 Å². The number of hydrogen-bond acceptors (Lipinski definition) is 8. The maximum absolute atomic E-state index is 14.8. The predicted octanol–water partition coefficient (Wildman–Crippen LogP) is 2.94. The summed E-state index contributed by atoms with van der Waals surface area (Å²) < 4.78 is 30.3. The van der Waals surface area contributed by atoms with Gasteiger partial charge in [0.05, 0.1) is 11.6 Å². The number of pyridine rings is 2. The second-order valence-corrected chi connectivity index (χ2v) is 15.2. The molecule has 7 rings (SSSR count). The molecular formula is C35H37N7O4S. The summed E-state index contributed by atoms with van der Waals surface area (Å²) in [5, 5.41) is 12.7. The lowest BCUT2D eigenvalue weighted by Gasteiger charge is -2.33. The van der Waals surface area contributed by atoms with Crippen molar-refractivity contribution in [2.45, 2.75) is 44.2 Å². The number of amides is 1. The van der Waals surface area contributed by atoms with Crippen molar-refractivity contribution in [2.24, 2.45) is 17.8 Å². The highest BCUT2D eigenvalue weighted by Gasteiger charge is 2.66. The minimum Gasteiger partial charge on any atom is -0.357 e. The molecule has 11 nitrogen and oxygen atoms in total. The molecule has 3 aromatic rings. The largest absolute Gasteiger partial charge is 0.357 e. The lowest BCUT2D eigenvalue weighted by Crippen LogP contribution is -2.51. The average molecular weight is 652 g/mol. The minimum atomic E-state index is -3.58. The number of hydrogen-bond donors (Lipinski definition) is 1. The van der Waals surface area contributed by atoms with E-state index >= 15 is 0 Å². The fourth-order valence-corrected chi connectivity index (χ4v) is 9.14. The van der Waals surface area contributed by atoms with Crippen molar-refractivity contribution < 1.29 is 18.0 Å². The number of rotatable bonds is 9. The lowest BCUT2D eigenvalue weighted by molar-refractivity contribution is -0.132. The lowest BCUT2D eigenvalue weighted by atomic mass is 9.85. The molecule has 3 saturated heterocycles. The molecular weight excluding hydrogens is 614 g/mol. The monoisotopic (exact) mass is 651 g/mol. The maximum Gasteiger partial charge on any atom is 0.281 e. The van der Waals surface area contributed by atoms with Gasteiger partial charge in [0.1, 0.15) is 11.4 Å². The number of nitriles is 1. The predicted molar refractivity (Wildman–Crippen MR) is 173 cm³/mol. The third kappa shape index (κ3) is 5.95. The summed E-state index contributed by atoms with van der Waals surface area (Å²) in [4.78, 5) is 38.4. The normalized spacial score (nSPS) is 25.4. The first-order valence-corrected chi connectivity index (χ1v) is 17.5. The smallest absolute Gasteiger partial charge is 0.281 e. The molecule has 0 bridgehead atoms. The standard InChI is InChI=1S/C35H37N7O4S/c1-24-10-16-40(17-11-24)47(45,46)41-22-29-30(23-41)33(29)42-32(18-31(43)28-4-2-27(21-36)3-5-28)39-35(34(42)44,19-25-6-12-37-13-7-25)20-26-8-14-38-15-9-26/h2-9,12-15,18,24,29-30,33,39H,10-11,16-17,19-20,22-23H2,1H3/b32-18+. The number of piperidine rings is 2. The van der Waals surface area contributed by atoms with Gasteiger partial charge in [0, 0.05) is 93.3 Å². The molecule has 1 aromatic carbocycles. The van der Waals surface area contributed by atoms with Gasteiger partial charge < -0.3 is 5.32 Å². The average Bonchev–Trinajstić information content (AvgIpc) is 3.41. The molecule has 4 fully saturated rings. The van der Waals surface area contributed by atoms with Crippen LogP contribution < -0.4 is 5.32 Å². The molecule has 2 unspecified atom stereocenters. The first-order chi connectivity index (χ1) is 22.7. The Bertz CT molecular complexity index is 1780. The zero-order valence-electron chi connectivity index (χ0n) is 26.2. The summed E-state index contributed by atoms with van der Waals surface area (Å²) in [7, 11) is -3.58. The number of nitrogens with one attached hydrogen (secondary N) is 1. The van der Waals surface area contributed by atoms with Crippen molar-refractivity contribution in [3.63, 3.8) is 0 Å². The quantitative estimate of drug-likeness (QED) is 0.275. The Morgan fingerprint density at radius 3 is 2.02 bits per heavy atom. The summed E-state index contributed by atoms with van der Waals surface area (Å²) in [5.41, 5.74) is 1.57. The molecule has 47 heavy (non-hydrogen) atoms. The fourth-order valence-electron chi connectivity index (χ4n) is 7.42. The van der Waals surface area contributed by atoms with Gasteiger partial charge in [-0.25, -0.2) is 0 Å². The van der Waals surface area contributed by atoms with Crippen LogP contribution in [0.1, 0.15) is 46.8 Å². The van der Waals surface area contributed by atoms with E-state index in [9.17, 15) is 23.3 Å². The molecule has 12 heteroatoms. The molecule has 3 aliphatic heterocycles. The number of carbonyl (C=O) groups is 2. The second kappa shape index (κ2) is 12.3. The van der Waals surface area contributed by atoms with E-state index in [1.807, 2.05) is 24.3 Å². The van der Waals surface area contributed by atoms with Crippen LogP contribution >= 0.6 is 0 Å². The van der Waals surface area contributed by atoms with Crippen molar-refractivity contribution in [3.05, 3.63) is 107 Å². The van der Waals surface area contributed by atoms with Gasteiger partial charge in [-0.05, 0) is 78.4 Å². The Balaban J connectivity index is 1.21. The van der Waals surface area contributed by atoms with Crippen molar-refractivity contribution >= 4 is 21.9 Å². The number of aromatic nitrogens is 2. The van der Waals surface area contributed by atoms with E-state index in [-0.39, 0.29) is 29.6 Å². The molecule has 4 aliphatic rings. The number of nitrogens with zero attached hydrogens (tertiary/aromatic N) is 6. The van der Waals surface area contributed by atoms with Gasteiger partial charge in [-0.1, -0.05) is 6.92 Å². The molecule has 5 heterocycles. The van der Waals surface area contributed by atoms with Gasteiger partial charge in [0.25, 0.3) is 16.1 Å². The van der Waals surface area contributed by atoms with Crippen molar-refractivity contribution in [2.75, 3.05) is 26.2 Å². The summed E-state index contributed by atoms with van der Waals surface area (Å²) >= 11 is 0. The number of ketones is 1. The molecule has 1 N–H and O–H groups in total. The third-order valence-electron chi connectivity index (χ3n) is 10.1. The van der Waals surface area contributed by atoms with Crippen LogP contribution in [0.25, 0.3) is 0 Å². The summed E-state index contributed by atoms with van der Waals surface area (Å²) in [6, 6.07) is 15.8. The maximum atomic E-state index is 14.8. The van der Waals surface area contributed by atoms with Crippen molar-refractivity contribution in [1.29, 1.82) is 5.26 Å². The van der Waals surface area contributed by atoms with Gasteiger partial charge >= 0.3 is 0 Å². The molecule has 242 valence electrons. The molecule has 1 aliphatic carbocycles. The van der Waals surface area contributed by atoms with Gasteiger partial charge in [-0.15, -0.1) is 0 Å². The van der Waals surface area contributed by atoms with E-state index in [2.05, 4.69) is 28.3 Å². The van der Waals surface area contributed by atoms with Crippen LogP contribution in [0.5, 0.6) is 0 Å². The second-order valence-electron chi connectivity index (χ2n) is 13.3. The molecule has 0 radical (unpaired) electrons. The summed E-state index contributed by atoms with van der Waals surface area (Å²) in [6.07, 6.45) is 10.7. The Hall–Kier alpha value is -4.44. The number of benzene rings is 1. The zero-order valence-corrected chi connectivity index (χ0v) is 27.0. The van der Waals surface area contributed by atoms with E-state index in [0.29, 0.717) is 61.9 Å². The molecule has 0 spiro atoms. The van der Waals surface area contributed by atoms with Crippen molar-refractivity contribution in [1.82, 2.24) is 28.8 Å². The highest BCUT2D eigenvalue weighted by atomic mass is 32.2. The van der Waals surface area contributed by atoms with Crippen molar-refractivity contribution in [3.8, 4) is 6.07 Å². The van der Waals surface area contributed by atoms with Crippen LogP contribution in [0, 0.1) is 29.1 Å². The summed E-state index contributed by atoms with van der Waals surface area (Å²) in [5.74, 6) is 0.404. The first-order valence-electron chi connectivity index (χ1n) is 16.1. The highest BCUT2D eigenvalue weighted by Crippen LogP contribution is 2.53. The third-order valence-corrected chi connectivity index (χ3v) is 12.1.